The van der Waals surface area contributed by atoms with E-state index in [1.165, 1.54) is 11.3 Å². The topological polar surface area (TPSA) is 84.5 Å². The molecule has 0 saturated carbocycles. The Morgan fingerprint density at radius 3 is 2.68 bits per heavy atom. The molecule has 1 fully saturated rings. The number of carbonyl (C=O) groups is 3. The molecule has 1 aromatic rings. The van der Waals surface area contributed by atoms with Crippen molar-refractivity contribution in [1.82, 2.24) is 10.6 Å². The van der Waals surface area contributed by atoms with E-state index in [2.05, 4.69) is 10.6 Å². The molecule has 3 atom stereocenters. The first-order valence-corrected chi connectivity index (χ1v) is 9.43. The van der Waals surface area contributed by atoms with Crippen LogP contribution in [0.25, 0.3) is 0 Å². The smallest absolute Gasteiger partial charge is 0.252 e. The van der Waals surface area contributed by atoms with Crippen LogP contribution in [0.15, 0.2) is 16.8 Å². The van der Waals surface area contributed by atoms with Gasteiger partial charge in [0.15, 0.2) is 5.78 Å². The summed E-state index contributed by atoms with van der Waals surface area (Å²) < 4.78 is 5.40. The largest absolute Gasteiger partial charge is 0.368 e. The molecule has 2 N–H and O–H groups in total. The van der Waals surface area contributed by atoms with Gasteiger partial charge in [0.1, 0.15) is 18.7 Å². The van der Waals surface area contributed by atoms with Gasteiger partial charge in [-0.3, -0.25) is 14.4 Å². The average molecular weight is 366 g/mol. The lowest BCUT2D eigenvalue weighted by Crippen LogP contribution is -2.54. The predicted octanol–water partition coefficient (Wildman–Crippen LogP) is 2.15. The number of ether oxygens (including phenoxy) is 1. The summed E-state index contributed by atoms with van der Waals surface area (Å²) >= 11 is 1.42. The zero-order valence-corrected chi connectivity index (χ0v) is 15.9. The highest BCUT2D eigenvalue weighted by atomic mass is 32.1. The fraction of sp³-hybridized carbons (Fsp3) is 0.611. The summed E-state index contributed by atoms with van der Waals surface area (Å²) in [5, 5.41) is 9.13. The maximum Gasteiger partial charge on any atom is 0.252 e. The maximum absolute atomic E-state index is 12.8. The number of nitrogens with one attached hydrogen (secondary N) is 2. The van der Waals surface area contributed by atoms with Gasteiger partial charge < -0.3 is 15.4 Å². The lowest BCUT2D eigenvalue weighted by atomic mass is 9.87. The van der Waals surface area contributed by atoms with Crippen molar-refractivity contribution in [2.45, 2.75) is 58.7 Å². The van der Waals surface area contributed by atoms with Crippen molar-refractivity contribution in [2.24, 2.45) is 5.41 Å². The summed E-state index contributed by atoms with van der Waals surface area (Å²) in [6, 6.07) is 0.365. The highest BCUT2D eigenvalue weighted by Crippen LogP contribution is 2.22. The summed E-state index contributed by atoms with van der Waals surface area (Å²) in [6.45, 7) is 7.94. The number of Topliss-reactive ketones (excluding diaryl/α,β-unsaturated/α-hetero) is 1. The van der Waals surface area contributed by atoms with Crippen LogP contribution in [0.3, 0.4) is 0 Å². The Bertz CT molecular complexity index is 622. The van der Waals surface area contributed by atoms with E-state index >= 15 is 0 Å². The molecular formula is C18H26N2O4S. The minimum atomic E-state index is -0.710. The van der Waals surface area contributed by atoms with E-state index in [4.69, 9.17) is 4.74 Å². The van der Waals surface area contributed by atoms with Crippen LogP contribution in [-0.4, -0.2) is 42.4 Å². The molecule has 0 aliphatic carbocycles. The molecular weight excluding hydrogens is 340 g/mol. The van der Waals surface area contributed by atoms with Crippen LogP contribution in [-0.2, 0) is 14.3 Å². The molecule has 1 aliphatic heterocycles. The van der Waals surface area contributed by atoms with Gasteiger partial charge in [-0.1, -0.05) is 27.7 Å². The standard InChI is InChI=1S/C18H26N2O4S/c1-5-14-15(13(21)9-24-14)20-17(23)12(8-18(2,3)4)19-16(22)11-6-7-25-10-11/h6-7,10,12,14-15H,5,8-9H2,1-4H3,(H,19,22)(H,20,23)/t12-,14?,15?/m0/s1. The van der Waals surface area contributed by atoms with Crippen molar-refractivity contribution in [3.05, 3.63) is 22.4 Å². The summed E-state index contributed by atoms with van der Waals surface area (Å²) in [5.74, 6) is -0.758. The molecule has 2 rings (SSSR count). The molecule has 138 valence electrons. The van der Waals surface area contributed by atoms with Crippen LogP contribution in [0.2, 0.25) is 0 Å². The molecule has 6 nitrogen and oxygen atoms in total. The third kappa shape index (κ3) is 5.37. The van der Waals surface area contributed by atoms with Crippen molar-refractivity contribution in [3.63, 3.8) is 0 Å². The van der Waals surface area contributed by atoms with Gasteiger partial charge in [-0.25, -0.2) is 0 Å². The molecule has 25 heavy (non-hydrogen) atoms. The van der Waals surface area contributed by atoms with Crippen molar-refractivity contribution >= 4 is 28.9 Å². The van der Waals surface area contributed by atoms with E-state index in [9.17, 15) is 14.4 Å². The lowest BCUT2D eigenvalue weighted by Gasteiger charge is -2.27. The summed E-state index contributed by atoms with van der Waals surface area (Å²) in [4.78, 5) is 37.1. The van der Waals surface area contributed by atoms with Gasteiger partial charge in [-0.2, -0.15) is 11.3 Å². The fourth-order valence-corrected chi connectivity index (χ4v) is 3.46. The van der Waals surface area contributed by atoms with E-state index < -0.39 is 12.1 Å². The molecule has 0 bridgehead atoms. The average Bonchev–Trinajstić information content (AvgIpc) is 3.16. The number of thiophene rings is 1. The monoisotopic (exact) mass is 366 g/mol. The minimum absolute atomic E-state index is 0.0225. The first kappa shape index (κ1) is 19.6. The maximum atomic E-state index is 12.8. The lowest BCUT2D eigenvalue weighted by molar-refractivity contribution is -0.128. The Labute approximate surface area is 152 Å². The third-order valence-electron chi connectivity index (χ3n) is 4.08. The Morgan fingerprint density at radius 2 is 2.12 bits per heavy atom. The summed E-state index contributed by atoms with van der Waals surface area (Å²) in [6.07, 6.45) is 0.800. The van der Waals surface area contributed by atoms with E-state index in [-0.39, 0.29) is 35.7 Å². The highest BCUT2D eigenvalue weighted by molar-refractivity contribution is 7.08. The normalized spacial score (nSPS) is 21.8. The molecule has 2 amide bonds. The molecule has 2 heterocycles. The Hall–Kier alpha value is -1.73. The van der Waals surface area contributed by atoms with Crippen molar-refractivity contribution in [3.8, 4) is 0 Å². The molecule has 2 unspecified atom stereocenters. The molecule has 0 aromatic carbocycles. The first-order valence-electron chi connectivity index (χ1n) is 8.49. The van der Waals surface area contributed by atoms with Gasteiger partial charge >= 0.3 is 0 Å². The number of carbonyl (C=O) groups excluding carboxylic acids is 3. The van der Waals surface area contributed by atoms with Crippen molar-refractivity contribution in [2.75, 3.05) is 6.61 Å². The fourth-order valence-electron chi connectivity index (χ4n) is 2.82. The van der Waals surface area contributed by atoms with E-state index in [0.29, 0.717) is 18.4 Å². The van der Waals surface area contributed by atoms with E-state index in [0.717, 1.165) is 0 Å². The highest BCUT2D eigenvalue weighted by Gasteiger charge is 2.38. The second kappa shape index (κ2) is 8.10. The van der Waals surface area contributed by atoms with Gasteiger partial charge in [0.2, 0.25) is 5.91 Å². The van der Waals surface area contributed by atoms with Gasteiger partial charge in [-0.15, -0.1) is 0 Å². The van der Waals surface area contributed by atoms with E-state index in [1.807, 2.05) is 33.1 Å². The first-order chi connectivity index (χ1) is 11.7. The third-order valence-corrected chi connectivity index (χ3v) is 4.76. The van der Waals surface area contributed by atoms with Crippen LogP contribution < -0.4 is 10.6 Å². The molecule has 1 aliphatic rings. The van der Waals surface area contributed by atoms with Crippen LogP contribution in [0, 0.1) is 5.41 Å². The Kier molecular flexibility index (Phi) is 6.35. The molecule has 1 saturated heterocycles. The number of amides is 2. The quantitative estimate of drug-likeness (QED) is 0.808. The van der Waals surface area contributed by atoms with Crippen molar-refractivity contribution < 1.29 is 19.1 Å². The molecule has 7 heteroatoms. The van der Waals surface area contributed by atoms with Crippen LogP contribution in [0.5, 0.6) is 0 Å². The molecule has 0 spiro atoms. The Morgan fingerprint density at radius 1 is 1.40 bits per heavy atom. The Balaban J connectivity index is 2.09. The van der Waals surface area contributed by atoms with Crippen LogP contribution in [0.4, 0.5) is 0 Å². The zero-order valence-electron chi connectivity index (χ0n) is 15.1. The SMILES string of the molecule is CCC1OCC(=O)C1NC(=O)[C@H](CC(C)(C)C)NC(=O)c1ccsc1. The van der Waals surface area contributed by atoms with Gasteiger partial charge in [0.25, 0.3) is 5.91 Å². The van der Waals surface area contributed by atoms with E-state index in [1.54, 1.807) is 11.4 Å². The summed E-state index contributed by atoms with van der Waals surface area (Å²) in [5.41, 5.74) is 0.369. The second-order valence-corrected chi connectivity index (χ2v) is 8.29. The predicted molar refractivity (Wildman–Crippen MR) is 96.6 cm³/mol. The van der Waals surface area contributed by atoms with Crippen LogP contribution >= 0.6 is 11.3 Å². The minimum Gasteiger partial charge on any atom is -0.368 e. The zero-order chi connectivity index (χ0) is 18.6. The molecule has 0 radical (unpaired) electrons. The number of rotatable bonds is 6. The van der Waals surface area contributed by atoms with Gasteiger partial charge in [0, 0.05) is 5.38 Å². The number of ketones is 1. The number of hydrogen-bond acceptors (Lipinski definition) is 5. The second-order valence-electron chi connectivity index (χ2n) is 7.51. The molecule has 1 aromatic heterocycles. The summed E-state index contributed by atoms with van der Waals surface area (Å²) in [7, 11) is 0. The van der Waals surface area contributed by atoms with Crippen molar-refractivity contribution in [1.29, 1.82) is 0 Å². The number of hydrogen-bond donors (Lipinski definition) is 2. The van der Waals surface area contributed by atoms with Gasteiger partial charge in [0.05, 0.1) is 11.7 Å². The van der Waals surface area contributed by atoms with Gasteiger partial charge in [-0.05, 0) is 29.7 Å². The van der Waals surface area contributed by atoms with Crippen LogP contribution in [0.1, 0.15) is 50.9 Å².